The van der Waals surface area contributed by atoms with Crippen molar-refractivity contribution in [3.05, 3.63) is 65.6 Å². The molecule has 170 valence electrons. The van der Waals surface area contributed by atoms with E-state index in [9.17, 15) is 17.6 Å². The summed E-state index contributed by atoms with van der Waals surface area (Å²) >= 11 is 0. The third-order valence-corrected chi connectivity index (χ3v) is 7.35. The molecule has 3 N–H and O–H groups in total. The Morgan fingerprint density at radius 1 is 1.16 bits per heavy atom. The van der Waals surface area contributed by atoms with E-state index in [1.807, 2.05) is 24.3 Å². The van der Waals surface area contributed by atoms with E-state index in [0.717, 1.165) is 34.3 Å². The first kappa shape index (κ1) is 22.4. The van der Waals surface area contributed by atoms with Crippen molar-refractivity contribution in [3.63, 3.8) is 0 Å². The van der Waals surface area contributed by atoms with Gasteiger partial charge in [0.25, 0.3) is 0 Å². The lowest BCUT2D eigenvalue weighted by atomic mass is 9.92. The minimum atomic E-state index is -3.75. The number of amides is 1. The number of nitrogens with one attached hydrogen (secondary N) is 2. The molecule has 0 aliphatic heterocycles. The van der Waals surface area contributed by atoms with Gasteiger partial charge in [0.1, 0.15) is 5.82 Å². The zero-order valence-corrected chi connectivity index (χ0v) is 18.4. The molecule has 0 fully saturated rings. The van der Waals surface area contributed by atoms with Gasteiger partial charge in [-0.1, -0.05) is 18.2 Å². The van der Waals surface area contributed by atoms with Gasteiger partial charge in [0, 0.05) is 42.1 Å². The minimum absolute atomic E-state index is 0.0426. The Morgan fingerprint density at radius 3 is 2.66 bits per heavy atom. The number of halogens is 1. The van der Waals surface area contributed by atoms with E-state index >= 15 is 0 Å². The maximum Gasteiger partial charge on any atom is 0.240 e. The molecule has 2 aromatic carbocycles. The minimum Gasteiger partial charge on any atom is -0.395 e. The molecule has 1 aromatic heterocycles. The summed E-state index contributed by atoms with van der Waals surface area (Å²) in [4.78, 5) is 12.1. The summed E-state index contributed by atoms with van der Waals surface area (Å²) in [5.74, 6) is -0.601. The van der Waals surface area contributed by atoms with Crippen LogP contribution in [0.2, 0.25) is 0 Å². The number of aromatic nitrogens is 1. The number of para-hydroxylation sites is 1. The van der Waals surface area contributed by atoms with Gasteiger partial charge in [0.05, 0.1) is 11.5 Å². The first-order valence-corrected chi connectivity index (χ1v) is 12.1. The van der Waals surface area contributed by atoms with Gasteiger partial charge in [-0.15, -0.1) is 0 Å². The SMILES string of the molecule is O=C(CCn1c2c(c3ccccc31)C[C@H](NS(=O)(=O)c1ccc(F)cc1)CC2)NCCO. The Morgan fingerprint density at radius 2 is 1.91 bits per heavy atom. The van der Waals surface area contributed by atoms with Crippen LogP contribution >= 0.6 is 0 Å². The molecule has 0 bridgehead atoms. The van der Waals surface area contributed by atoms with Crippen molar-refractivity contribution in [1.82, 2.24) is 14.6 Å². The highest BCUT2D eigenvalue weighted by molar-refractivity contribution is 7.89. The number of aliphatic hydroxyl groups is 1. The molecule has 1 heterocycles. The summed E-state index contributed by atoms with van der Waals surface area (Å²) in [5.41, 5.74) is 3.24. The Hall–Kier alpha value is -2.75. The van der Waals surface area contributed by atoms with E-state index in [1.165, 1.54) is 12.1 Å². The number of fused-ring (bicyclic) bond motifs is 3. The van der Waals surface area contributed by atoms with Crippen molar-refractivity contribution >= 4 is 26.8 Å². The Balaban J connectivity index is 1.55. The van der Waals surface area contributed by atoms with Crippen molar-refractivity contribution in [2.24, 2.45) is 0 Å². The third kappa shape index (κ3) is 4.69. The summed E-state index contributed by atoms with van der Waals surface area (Å²) in [6.07, 6.45) is 2.14. The number of carbonyl (C=O) groups is 1. The standard InChI is InChI=1S/C23H26FN3O4S/c24-16-5-8-18(9-6-16)32(30,31)26-17-7-10-22-20(15-17)19-3-1-2-4-21(19)27(22)13-11-23(29)25-12-14-28/h1-6,8-9,17,26,28H,7,10-15H2,(H,25,29)/t17-/m1/s1. The quantitative estimate of drug-likeness (QED) is 0.480. The van der Waals surface area contributed by atoms with Crippen LogP contribution < -0.4 is 10.0 Å². The molecular weight excluding hydrogens is 433 g/mol. The fourth-order valence-electron chi connectivity index (χ4n) is 4.36. The van der Waals surface area contributed by atoms with E-state index in [0.29, 0.717) is 32.2 Å². The number of aryl methyl sites for hydroxylation is 1. The number of nitrogens with zero attached hydrogens (tertiary/aromatic N) is 1. The Labute approximate surface area is 186 Å². The van der Waals surface area contributed by atoms with Crippen LogP contribution in [-0.2, 0) is 34.2 Å². The predicted molar refractivity (Wildman–Crippen MR) is 119 cm³/mol. The van der Waals surface area contributed by atoms with E-state index < -0.39 is 15.8 Å². The van der Waals surface area contributed by atoms with Crippen LogP contribution in [0, 0.1) is 5.82 Å². The number of hydrogen-bond donors (Lipinski definition) is 3. The second kappa shape index (κ2) is 9.40. The van der Waals surface area contributed by atoms with Gasteiger partial charge in [-0.25, -0.2) is 17.5 Å². The van der Waals surface area contributed by atoms with Crippen molar-refractivity contribution in [1.29, 1.82) is 0 Å². The molecule has 32 heavy (non-hydrogen) atoms. The van der Waals surface area contributed by atoms with Crippen molar-refractivity contribution in [2.45, 2.75) is 43.2 Å². The van der Waals surface area contributed by atoms with Crippen molar-refractivity contribution < 1.29 is 22.7 Å². The van der Waals surface area contributed by atoms with Gasteiger partial charge in [-0.05, 0) is 55.2 Å². The molecule has 0 spiro atoms. The number of aliphatic hydroxyl groups excluding tert-OH is 1. The number of hydrogen-bond acceptors (Lipinski definition) is 4. The first-order chi connectivity index (χ1) is 15.4. The molecule has 0 saturated carbocycles. The van der Waals surface area contributed by atoms with Gasteiger partial charge in [-0.2, -0.15) is 0 Å². The zero-order chi connectivity index (χ0) is 22.7. The highest BCUT2D eigenvalue weighted by Gasteiger charge is 2.28. The zero-order valence-electron chi connectivity index (χ0n) is 17.6. The van der Waals surface area contributed by atoms with Gasteiger partial charge < -0.3 is 15.0 Å². The first-order valence-electron chi connectivity index (χ1n) is 10.6. The smallest absolute Gasteiger partial charge is 0.240 e. The lowest BCUT2D eigenvalue weighted by Crippen LogP contribution is -2.39. The molecule has 0 radical (unpaired) electrons. The number of rotatable bonds is 8. The molecule has 9 heteroatoms. The second-order valence-electron chi connectivity index (χ2n) is 7.93. The van der Waals surface area contributed by atoms with Crippen LogP contribution in [-0.4, -0.2) is 43.2 Å². The highest BCUT2D eigenvalue weighted by Crippen LogP contribution is 2.33. The lowest BCUT2D eigenvalue weighted by molar-refractivity contribution is -0.121. The Kier molecular flexibility index (Phi) is 6.59. The van der Waals surface area contributed by atoms with Crippen molar-refractivity contribution in [2.75, 3.05) is 13.2 Å². The maximum atomic E-state index is 13.2. The van der Waals surface area contributed by atoms with E-state index in [1.54, 1.807) is 0 Å². The molecule has 1 aliphatic rings. The van der Waals surface area contributed by atoms with Crippen LogP contribution in [0.4, 0.5) is 4.39 Å². The van der Waals surface area contributed by atoms with Crippen LogP contribution in [0.5, 0.6) is 0 Å². The molecular formula is C23H26FN3O4S. The third-order valence-electron chi connectivity index (χ3n) is 5.82. The van der Waals surface area contributed by atoms with Gasteiger partial charge in [0.2, 0.25) is 15.9 Å². The molecule has 0 saturated heterocycles. The second-order valence-corrected chi connectivity index (χ2v) is 9.65. The van der Waals surface area contributed by atoms with Crippen LogP contribution in [0.15, 0.2) is 53.4 Å². The average molecular weight is 460 g/mol. The highest BCUT2D eigenvalue weighted by atomic mass is 32.2. The summed E-state index contributed by atoms with van der Waals surface area (Å²) < 4.78 is 43.6. The predicted octanol–water partition coefficient (Wildman–Crippen LogP) is 2.11. The summed E-state index contributed by atoms with van der Waals surface area (Å²) in [6.45, 7) is 0.654. The summed E-state index contributed by atoms with van der Waals surface area (Å²) in [5, 5.41) is 12.6. The normalized spacial score (nSPS) is 16.1. The van der Waals surface area contributed by atoms with E-state index in [2.05, 4.69) is 14.6 Å². The van der Waals surface area contributed by atoms with Crippen LogP contribution in [0.25, 0.3) is 10.9 Å². The van der Waals surface area contributed by atoms with E-state index in [-0.39, 0.29) is 30.0 Å². The lowest BCUT2D eigenvalue weighted by Gasteiger charge is -2.25. The number of benzene rings is 2. The molecule has 3 aromatic rings. The summed E-state index contributed by atoms with van der Waals surface area (Å²) in [6, 6.07) is 12.5. The summed E-state index contributed by atoms with van der Waals surface area (Å²) in [7, 11) is -3.75. The molecule has 0 unspecified atom stereocenters. The Bertz CT molecular complexity index is 1220. The fourth-order valence-corrected chi connectivity index (χ4v) is 5.63. The van der Waals surface area contributed by atoms with Crippen molar-refractivity contribution in [3.8, 4) is 0 Å². The maximum absolute atomic E-state index is 13.2. The van der Waals surface area contributed by atoms with E-state index in [4.69, 9.17) is 5.11 Å². The molecule has 1 atom stereocenters. The molecule has 1 amide bonds. The largest absolute Gasteiger partial charge is 0.395 e. The monoisotopic (exact) mass is 459 g/mol. The van der Waals surface area contributed by atoms with Gasteiger partial charge >= 0.3 is 0 Å². The van der Waals surface area contributed by atoms with Gasteiger partial charge in [-0.3, -0.25) is 4.79 Å². The fraction of sp³-hybridized carbons (Fsp3) is 0.348. The molecule has 1 aliphatic carbocycles. The van der Waals surface area contributed by atoms with Gasteiger partial charge in [0.15, 0.2) is 0 Å². The number of carbonyl (C=O) groups excluding carboxylic acids is 1. The topological polar surface area (TPSA) is 100 Å². The molecule has 4 rings (SSSR count). The number of sulfonamides is 1. The molecule has 7 nitrogen and oxygen atoms in total. The van der Waals surface area contributed by atoms with Crippen LogP contribution in [0.1, 0.15) is 24.1 Å². The average Bonchev–Trinajstić information content (AvgIpc) is 3.09. The van der Waals surface area contributed by atoms with Crippen LogP contribution in [0.3, 0.4) is 0 Å².